The number of hydrogen-bond acceptors (Lipinski definition) is 4. The highest BCUT2D eigenvalue weighted by Crippen LogP contribution is 2.31. The number of rotatable bonds is 5. The summed E-state index contributed by atoms with van der Waals surface area (Å²) < 4.78 is 5.31. The van der Waals surface area contributed by atoms with Crippen molar-refractivity contribution < 1.29 is 9.84 Å². The Bertz CT molecular complexity index is 351. The van der Waals surface area contributed by atoms with E-state index in [4.69, 9.17) is 4.74 Å². The van der Waals surface area contributed by atoms with Crippen LogP contribution in [-0.4, -0.2) is 28.8 Å². The van der Waals surface area contributed by atoms with Gasteiger partial charge < -0.3 is 15.2 Å². The lowest BCUT2D eigenvalue weighted by Gasteiger charge is -2.36. The van der Waals surface area contributed by atoms with E-state index in [0.717, 1.165) is 25.1 Å². The zero-order valence-electron chi connectivity index (χ0n) is 9.57. The van der Waals surface area contributed by atoms with E-state index in [1.807, 2.05) is 25.1 Å². The van der Waals surface area contributed by atoms with Crippen LogP contribution in [0, 0.1) is 0 Å². The van der Waals surface area contributed by atoms with Gasteiger partial charge in [-0.25, -0.2) is 0 Å². The van der Waals surface area contributed by atoms with E-state index in [9.17, 15) is 5.11 Å². The summed E-state index contributed by atoms with van der Waals surface area (Å²) in [6.45, 7) is 3.11. The summed E-state index contributed by atoms with van der Waals surface area (Å²) in [5.41, 5.74) is -0.525. The van der Waals surface area contributed by atoms with Crippen molar-refractivity contribution in [1.82, 2.24) is 4.98 Å². The van der Waals surface area contributed by atoms with Gasteiger partial charge in [-0.2, -0.15) is 4.98 Å². The van der Waals surface area contributed by atoms with Crippen LogP contribution in [0.3, 0.4) is 0 Å². The third-order valence-corrected chi connectivity index (χ3v) is 2.90. The molecule has 0 amide bonds. The molecule has 1 aliphatic carbocycles. The highest BCUT2D eigenvalue weighted by Gasteiger charge is 2.33. The molecule has 88 valence electrons. The Balaban J connectivity index is 1.90. The quantitative estimate of drug-likeness (QED) is 0.797. The lowest BCUT2D eigenvalue weighted by molar-refractivity contribution is -0.0202. The van der Waals surface area contributed by atoms with Crippen LogP contribution in [0.1, 0.15) is 26.2 Å². The molecule has 4 nitrogen and oxygen atoms in total. The average molecular weight is 222 g/mol. The molecule has 1 aromatic heterocycles. The number of anilines is 1. The highest BCUT2D eigenvalue weighted by molar-refractivity contribution is 5.37. The second kappa shape index (κ2) is 4.70. The molecule has 0 radical (unpaired) electrons. The van der Waals surface area contributed by atoms with Crippen LogP contribution in [0.5, 0.6) is 5.88 Å². The zero-order chi connectivity index (χ0) is 11.4. The van der Waals surface area contributed by atoms with Gasteiger partial charge >= 0.3 is 0 Å². The Morgan fingerprint density at radius 3 is 2.94 bits per heavy atom. The van der Waals surface area contributed by atoms with E-state index in [1.54, 1.807) is 0 Å². The fraction of sp³-hybridized carbons (Fsp3) is 0.583. The van der Waals surface area contributed by atoms with Crippen molar-refractivity contribution in [3.05, 3.63) is 18.2 Å². The summed E-state index contributed by atoms with van der Waals surface area (Å²) in [6, 6.07) is 5.60. The topological polar surface area (TPSA) is 54.4 Å². The van der Waals surface area contributed by atoms with Gasteiger partial charge in [0.2, 0.25) is 5.88 Å². The second-order valence-corrected chi connectivity index (χ2v) is 4.23. The normalized spacial score (nSPS) is 17.6. The molecule has 2 N–H and O–H groups in total. The van der Waals surface area contributed by atoms with E-state index in [1.165, 1.54) is 0 Å². The first-order valence-corrected chi connectivity index (χ1v) is 5.78. The molecule has 0 atom stereocenters. The maximum atomic E-state index is 9.92. The van der Waals surface area contributed by atoms with Crippen LogP contribution < -0.4 is 10.1 Å². The molecule has 0 bridgehead atoms. The van der Waals surface area contributed by atoms with E-state index < -0.39 is 5.60 Å². The third-order valence-electron chi connectivity index (χ3n) is 2.90. The first kappa shape index (κ1) is 11.2. The number of nitrogens with one attached hydrogen (secondary N) is 1. The van der Waals surface area contributed by atoms with Crippen LogP contribution >= 0.6 is 0 Å². The van der Waals surface area contributed by atoms with E-state index in [-0.39, 0.29) is 0 Å². The molecule has 0 aromatic carbocycles. The van der Waals surface area contributed by atoms with Crippen molar-refractivity contribution in [3.63, 3.8) is 0 Å². The van der Waals surface area contributed by atoms with Gasteiger partial charge in [-0.05, 0) is 32.3 Å². The van der Waals surface area contributed by atoms with Gasteiger partial charge in [0.1, 0.15) is 5.82 Å². The van der Waals surface area contributed by atoms with Crippen molar-refractivity contribution in [2.24, 2.45) is 0 Å². The lowest BCUT2D eigenvalue weighted by Crippen LogP contribution is -2.43. The molecule has 1 fully saturated rings. The number of ether oxygens (including phenoxy) is 1. The van der Waals surface area contributed by atoms with Gasteiger partial charge in [0.15, 0.2) is 0 Å². The maximum Gasteiger partial charge on any atom is 0.215 e. The van der Waals surface area contributed by atoms with Gasteiger partial charge in [-0.1, -0.05) is 6.07 Å². The second-order valence-electron chi connectivity index (χ2n) is 4.23. The van der Waals surface area contributed by atoms with E-state index in [0.29, 0.717) is 19.0 Å². The molecule has 4 heteroatoms. The van der Waals surface area contributed by atoms with Gasteiger partial charge in [0, 0.05) is 12.6 Å². The third kappa shape index (κ3) is 2.64. The molecule has 1 aliphatic rings. The van der Waals surface area contributed by atoms with Crippen molar-refractivity contribution in [2.75, 3.05) is 18.5 Å². The van der Waals surface area contributed by atoms with E-state index in [2.05, 4.69) is 10.3 Å². The van der Waals surface area contributed by atoms with Gasteiger partial charge in [0.05, 0.1) is 12.2 Å². The highest BCUT2D eigenvalue weighted by atomic mass is 16.5. The van der Waals surface area contributed by atoms with Gasteiger partial charge in [0.25, 0.3) is 0 Å². The van der Waals surface area contributed by atoms with Crippen LogP contribution in [0.4, 0.5) is 5.82 Å². The van der Waals surface area contributed by atoms with Crippen LogP contribution in [0.2, 0.25) is 0 Å². The smallest absolute Gasteiger partial charge is 0.215 e. The van der Waals surface area contributed by atoms with Crippen molar-refractivity contribution in [1.29, 1.82) is 0 Å². The number of nitrogens with zero attached hydrogens (tertiary/aromatic N) is 1. The molecule has 16 heavy (non-hydrogen) atoms. The Kier molecular flexibility index (Phi) is 3.29. The molecule has 0 aliphatic heterocycles. The summed E-state index contributed by atoms with van der Waals surface area (Å²) in [5, 5.41) is 13.1. The summed E-state index contributed by atoms with van der Waals surface area (Å²) in [4.78, 5) is 4.28. The minimum absolute atomic E-state index is 0.525. The standard InChI is InChI=1S/C12H18N2O2/c1-2-16-11-6-3-5-10(14-11)13-9-12(15)7-4-8-12/h3,5-6,15H,2,4,7-9H2,1H3,(H,13,14). The average Bonchev–Trinajstić information content (AvgIpc) is 2.25. The molecular weight excluding hydrogens is 204 g/mol. The molecular formula is C12H18N2O2. The van der Waals surface area contributed by atoms with Crippen molar-refractivity contribution in [3.8, 4) is 5.88 Å². The first-order chi connectivity index (χ1) is 7.72. The molecule has 1 heterocycles. The Labute approximate surface area is 95.7 Å². The fourth-order valence-electron chi connectivity index (χ4n) is 1.76. The predicted octanol–water partition coefficient (Wildman–Crippen LogP) is 1.81. The van der Waals surface area contributed by atoms with Crippen LogP contribution in [0.15, 0.2) is 18.2 Å². The largest absolute Gasteiger partial charge is 0.478 e. The first-order valence-electron chi connectivity index (χ1n) is 5.78. The van der Waals surface area contributed by atoms with Crippen LogP contribution in [0.25, 0.3) is 0 Å². The number of aliphatic hydroxyl groups is 1. The predicted molar refractivity (Wildman–Crippen MR) is 62.7 cm³/mol. The molecule has 1 saturated carbocycles. The van der Waals surface area contributed by atoms with E-state index >= 15 is 0 Å². The minimum atomic E-state index is -0.525. The molecule has 0 spiro atoms. The monoisotopic (exact) mass is 222 g/mol. The Hall–Kier alpha value is -1.29. The molecule has 0 saturated heterocycles. The fourth-order valence-corrected chi connectivity index (χ4v) is 1.76. The van der Waals surface area contributed by atoms with Gasteiger partial charge in [-0.15, -0.1) is 0 Å². The summed E-state index contributed by atoms with van der Waals surface area (Å²) in [5.74, 6) is 1.37. The zero-order valence-corrected chi connectivity index (χ0v) is 9.57. The molecule has 2 rings (SSSR count). The Morgan fingerprint density at radius 1 is 1.50 bits per heavy atom. The molecule has 1 aromatic rings. The van der Waals surface area contributed by atoms with Crippen LogP contribution in [-0.2, 0) is 0 Å². The minimum Gasteiger partial charge on any atom is -0.478 e. The maximum absolute atomic E-state index is 9.92. The summed E-state index contributed by atoms with van der Waals surface area (Å²) in [6.07, 6.45) is 2.88. The number of hydrogen-bond donors (Lipinski definition) is 2. The van der Waals surface area contributed by atoms with Crippen molar-refractivity contribution >= 4 is 5.82 Å². The van der Waals surface area contributed by atoms with Gasteiger partial charge in [-0.3, -0.25) is 0 Å². The lowest BCUT2D eigenvalue weighted by atomic mass is 9.80. The molecule has 0 unspecified atom stereocenters. The van der Waals surface area contributed by atoms with Crippen molar-refractivity contribution in [2.45, 2.75) is 31.8 Å². The summed E-state index contributed by atoms with van der Waals surface area (Å²) >= 11 is 0. The Morgan fingerprint density at radius 2 is 2.31 bits per heavy atom. The number of aromatic nitrogens is 1. The SMILES string of the molecule is CCOc1cccc(NCC2(O)CCC2)n1. The number of pyridine rings is 1. The summed E-state index contributed by atoms with van der Waals surface area (Å²) in [7, 11) is 0.